The number of nitrogens with zero attached hydrogens (tertiary/aromatic N) is 1. The van der Waals surface area contributed by atoms with Gasteiger partial charge in [0.2, 0.25) is 5.91 Å². The summed E-state index contributed by atoms with van der Waals surface area (Å²) in [5, 5.41) is 12.3. The van der Waals surface area contributed by atoms with Crippen LogP contribution in [-0.2, 0) is 9.53 Å². The fourth-order valence-corrected chi connectivity index (χ4v) is 3.55. The predicted molar refractivity (Wildman–Crippen MR) is 95.7 cm³/mol. The zero-order chi connectivity index (χ0) is 16.8. The molecule has 1 N–H and O–H groups in total. The average molecular weight is 343 g/mol. The fraction of sp³-hybridized carbons (Fsp3) is 0.316. The lowest BCUT2D eigenvalue weighted by atomic mass is 10.1. The van der Waals surface area contributed by atoms with E-state index in [0.717, 1.165) is 10.4 Å². The van der Waals surface area contributed by atoms with Crippen molar-refractivity contribution in [2.24, 2.45) is 0 Å². The Hall–Kier alpha value is -1.95. The molecule has 5 heteroatoms. The second-order valence-electron chi connectivity index (χ2n) is 5.77. The lowest BCUT2D eigenvalue weighted by Gasteiger charge is -2.36. The summed E-state index contributed by atoms with van der Waals surface area (Å²) in [6.45, 7) is 1.56. The van der Waals surface area contributed by atoms with E-state index in [-0.39, 0.29) is 11.9 Å². The molecular weight excluding hydrogens is 322 g/mol. The number of hydrogen-bond donors (Lipinski definition) is 1. The van der Waals surface area contributed by atoms with Crippen molar-refractivity contribution in [1.29, 1.82) is 0 Å². The summed E-state index contributed by atoms with van der Waals surface area (Å²) < 4.78 is 5.52. The fourth-order valence-electron chi connectivity index (χ4n) is 2.82. The highest BCUT2D eigenvalue weighted by Crippen LogP contribution is 2.26. The number of hydrogen-bond acceptors (Lipinski definition) is 4. The van der Waals surface area contributed by atoms with Crippen molar-refractivity contribution in [2.45, 2.75) is 18.6 Å². The Morgan fingerprint density at radius 2 is 2.17 bits per heavy atom. The van der Waals surface area contributed by atoms with Gasteiger partial charge >= 0.3 is 0 Å². The van der Waals surface area contributed by atoms with Gasteiger partial charge in [-0.15, -0.1) is 11.3 Å². The summed E-state index contributed by atoms with van der Waals surface area (Å²) in [5.41, 5.74) is 0.995. The molecule has 3 rings (SSSR count). The van der Waals surface area contributed by atoms with E-state index in [1.54, 1.807) is 11.0 Å². The highest BCUT2D eigenvalue weighted by molar-refractivity contribution is 7.10. The molecule has 1 amide bonds. The maximum Gasteiger partial charge on any atom is 0.246 e. The first-order valence-electron chi connectivity index (χ1n) is 8.07. The van der Waals surface area contributed by atoms with E-state index in [2.05, 4.69) is 0 Å². The molecule has 2 aromatic rings. The number of carbonyl (C=O) groups excluding carboxylic acids is 1. The number of aliphatic hydroxyl groups excluding tert-OH is 1. The van der Waals surface area contributed by atoms with Crippen LogP contribution >= 0.6 is 11.3 Å². The summed E-state index contributed by atoms with van der Waals surface area (Å²) in [6, 6.07) is 13.5. The van der Waals surface area contributed by atoms with Crippen molar-refractivity contribution in [3.8, 4) is 0 Å². The van der Waals surface area contributed by atoms with Crippen molar-refractivity contribution in [3.05, 3.63) is 64.4 Å². The number of aliphatic hydroxyl groups is 1. The van der Waals surface area contributed by atoms with Gasteiger partial charge in [-0.2, -0.15) is 0 Å². The quantitative estimate of drug-likeness (QED) is 0.849. The SMILES string of the molecule is O=C(/C=C/c1ccccc1)N1CCOCC1CC(O)c1cccs1. The molecule has 1 aliphatic rings. The molecule has 0 radical (unpaired) electrons. The summed E-state index contributed by atoms with van der Waals surface area (Å²) in [5.74, 6) is -0.0365. The van der Waals surface area contributed by atoms with Gasteiger partial charge in [-0.3, -0.25) is 4.79 Å². The van der Waals surface area contributed by atoms with Gasteiger partial charge in [-0.25, -0.2) is 0 Å². The molecule has 1 aliphatic heterocycles. The van der Waals surface area contributed by atoms with Crippen LogP contribution in [0.15, 0.2) is 53.9 Å². The second-order valence-corrected chi connectivity index (χ2v) is 6.75. The first kappa shape index (κ1) is 16.9. The molecule has 0 bridgehead atoms. The number of morpholine rings is 1. The number of carbonyl (C=O) groups is 1. The van der Waals surface area contributed by atoms with Gasteiger partial charge in [0.15, 0.2) is 0 Å². The molecule has 0 saturated carbocycles. The first-order chi connectivity index (χ1) is 11.7. The van der Waals surface area contributed by atoms with Crippen molar-refractivity contribution in [2.75, 3.05) is 19.8 Å². The predicted octanol–water partition coefficient (Wildman–Crippen LogP) is 3.11. The van der Waals surface area contributed by atoms with Crippen LogP contribution in [0.5, 0.6) is 0 Å². The molecule has 2 unspecified atom stereocenters. The molecule has 126 valence electrons. The number of ether oxygens (including phenoxy) is 1. The molecule has 1 fully saturated rings. The van der Waals surface area contributed by atoms with E-state index in [9.17, 15) is 9.90 Å². The maximum absolute atomic E-state index is 12.6. The summed E-state index contributed by atoms with van der Waals surface area (Å²) in [7, 11) is 0. The topological polar surface area (TPSA) is 49.8 Å². The summed E-state index contributed by atoms with van der Waals surface area (Å²) >= 11 is 1.53. The molecule has 1 aromatic carbocycles. The van der Waals surface area contributed by atoms with Gasteiger partial charge in [0.05, 0.1) is 25.4 Å². The van der Waals surface area contributed by atoms with E-state index in [1.807, 2.05) is 53.9 Å². The Morgan fingerprint density at radius 3 is 2.92 bits per heavy atom. The molecule has 1 aromatic heterocycles. The highest BCUT2D eigenvalue weighted by Gasteiger charge is 2.28. The lowest BCUT2D eigenvalue weighted by Crippen LogP contribution is -2.48. The smallest absolute Gasteiger partial charge is 0.246 e. The van der Waals surface area contributed by atoms with Crippen LogP contribution in [-0.4, -0.2) is 41.7 Å². The third kappa shape index (κ3) is 4.32. The molecule has 0 spiro atoms. The minimum absolute atomic E-state index is 0.0365. The van der Waals surface area contributed by atoms with Crippen molar-refractivity contribution in [1.82, 2.24) is 4.90 Å². The summed E-state index contributed by atoms with van der Waals surface area (Å²) in [6.07, 6.45) is 3.35. The standard InChI is InChI=1S/C19H21NO3S/c21-17(18-7-4-12-24-18)13-16-14-23-11-10-20(16)19(22)9-8-15-5-2-1-3-6-15/h1-9,12,16-17,21H,10-11,13-14H2/b9-8+. The van der Waals surface area contributed by atoms with Gasteiger partial charge in [0, 0.05) is 23.9 Å². The zero-order valence-electron chi connectivity index (χ0n) is 13.4. The van der Waals surface area contributed by atoms with E-state index >= 15 is 0 Å². The molecule has 2 heterocycles. The minimum atomic E-state index is -0.565. The van der Waals surface area contributed by atoms with Crippen molar-refractivity contribution >= 4 is 23.3 Å². The van der Waals surface area contributed by atoms with Crippen molar-refractivity contribution < 1.29 is 14.6 Å². The normalized spacial score (nSPS) is 19.5. The van der Waals surface area contributed by atoms with E-state index in [1.165, 1.54) is 11.3 Å². The van der Waals surface area contributed by atoms with E-state index < -0.39 is 6.10 Å². The monoisotopic (exact) mass is 343 g/mol. The van der Waals surface area contributed by atoms with Gasteiger partial charge in [0.25, 0.3) is 0 Å². The Labute approximate surface area is 146 Å². The van der Waals surface area contributed by atoms with E-state index in [4.69, 9.17) is 4.74 Å². The Morgan fingerprint density at radius 1 is 1.33 bits per heavy atom. The molecule has 24 heavy (non-hydrogen) atoms. The average Bonchev–Trinajstić information content (AvgIpc) is 3.16. The third-order valence-electron chi connectivity index (χ3n) is 4.10. The van der Waals surface area contributed by atoms with E-state index in [0.29, 0.717) is 26.2 Å². The number of amides is 1. The highest BCUT2D eigenvalue weighted by atomic mass is 32.1. The van der Waals surface area contributed by atoms with Crippen LogP contribution < -0.4 is 0 Å². The largest absolute Gasteiger partial charge is 0.387 e. The van der Waals surface area contributed by atoms with Gasteiger partial charge in [0.1, 0.15) is 0 Å². The van der Waals surface area contributed by atoms with Crippen LogP contribution in [0.25, 0.3) is 6.08 Å². The van der Waals surface area contributed by atoms with Crippen LogP contribution in [0.4, 0.5) is 0 Å². The minimum Gasteiger partial charge on any atom is -0.387 e. The van der Waals surface area contributed by atoms with Crippen LogP contribution in [0.3, 0.4) is 0 Å². The van der Waals surface area contributed by atoms with Gasteiger partial charge in [-0.05, 0) is 23.1 Å². The van der Waals surface area contributed by atoms with Crippen LogP contribution in [0.2, 0.25) is 0 Å². The lowest BCUT2D eigenvalue weighted by molar-refractivity contribution is -0.135. The van der Waals surface area contributed by atoms with Crippen molar-refractivity contribution in [3.63, 3.8) is 0 Å². The van der Waals surface area contributed by atoms with Crippen LogP contribution in [0.1, 0.15) is 23.0 Å². The third-order valence-corrected chi connectivity index (χ3v) is 5.07. The molecule has 1 saturated heterocycles. The molecule has 4 nitrogen and oxygen atoms in total. The Balaban J connectivity index is 1.65. The summed E-state index contributed by atoms with van der Waals surface area (Å²) in [4.78, 5) is 15.3. The second kappa shape index (κ2) is 8.24. The number of thiophene rings is 1. The number of rotatable bonds is 5. The van der Waals surface area contributed by atoms with Gasteiger partial charge < -0.3 is 14.7 Å². The Kier molecular flexibility index (Phi) is 5.80. The number of benzene rings is 1. The molecular formula is C19H21NO3S. The van der Waals surface area contributed by atoms with Gasteiger partial charge in [-0.1, -0.05) is 36.4 Å². The molecule has 2 atom stereocenters. The maximum atomic E-state index is 12.6. The first-order valence-corrected chi connectivity index (χ1v) is 8.95. The zero-order valence-corrected chi connectivity index (χ0v) is 14.2. The van der Waals surface area contributed by atoms with Crippen LogP contribution in [0, 0.1) is 0 Å². The Bertz CT molecular complexity index is 669. The molecule has 0 aliphatic carbocycles.